The molecule has 196 valence electrons. The Hall–Kier alpha value is -3.84. The molecule has 1 aromatic heterocycles. The Morgan fingerprint density at radius 3 is 2.53 bits per heavy atom. The number of aryl methyl sites for hydroxylation is 1. The lowest BCUT2D eigenvalue weighted by Crippen LogP contribution is -2.43. The van der Waals surface area contributed by atoms with Gasteiger partial charge in [0.1, 0.15) is 17.2 Å². The highest BCUT2D eigenvalue weighted by Crippen LogP contribution is 2.38. The highest BCUT2D eigenvalue weighted by atomic mass is 28.4. The molecular weight excluding hydrogens is 490 g/mol. The topological polar surface area (TPSA) is 73.0 Å². The molecule has 0 unspecified atom stereocenters. The normalized spacial score (nSPS) is 12.3. The van der Waals surface area contributed by atoms with Crippen molar-refractivity contribution in [1.29, 1.82) is 0 Å². The number of benzene rings is 2. The summed E-state index contributed by atoms with van der Waals surface area (Å²) in [6.45, 7) is 13.2. The van der Waals surface area contributed by atoms with Crippen LogP contribution in [-0.2, 0) is 12.8 Å². The largest absolute Gasteiger partial charge is 0.543 e. The van der Waals surface area contributed by atoms with Crippen LogP contribution in [0.15, 0.2) is 82.3 Å². The van der Waals surface area contributed by atoms with E-state index in [-0.39, 0.29) is 10.6 Å². The molecule has 2 aromatic carbocycles. The van der Waals surface area contributed by atoms with Crippen LogP contribution in [0.25, 0.3) is 17.1 Å². The smallest absolute Gasteiger partial charge is 0.279 e. The highest BCUT2D eigenvalue weighted by molar-refractivity contribution is 6.74. The number of hydrogen-bond acceptors (Lipinski definition) is 4. The quantitative estimate of drug-likeness (QED) is 0.229. The van der Waals surface area contributed by atoms with E-state index in [1.54, 1.807) is 10.8 Å². The van der Waals surface area contributed by atoms with E-state index in [1.165, 1.54) is 5.56 Å². The average Bonchev–Trinajstić information content (AvgIpc) is 3.47. The fourth-order valence-corrected chi connectivity index (χ4v) is 5.41. The molecule has 0 spiro atoms. The van der Waals surface area contributed by atoms with Crippen LogP contribution in [0.4, 0.5) is 0 Å². The summed E-state index contributed by atoms with van der Waals surface area (Å²) in [6, 6.07) is 20.1. The van der Waals surface area contributed by atoms with E-state index in [1.807, 2.05) is 42.6 Å². The number of furan rings is 1. The van der Waals surface area contributed by atoms with Crippen molar-refractivity contribution in [2.75, 3.05) is 0 Å². The summed E-state index contributed by atoms with van der Waals surface area (Å²) in [6.07, 6.45) is 4.50. The van der Waals surface area contributed by atoms with Crippen LogP contribution in [0.2, 0.25) is 18.1 Å². The Balaban J connectivity index is 1.61. The minimum Gasteiger partial charge on any atom is -0.543 e. The number of rotatable bonds is 7. The van der Waals surface area contributed by atoms with Gasteiger partial charge in [0.2, 0.25) is 8.32 Å². The zero-order valence-corrected chi connectivity index (χ0v) is 24.0. The monoisotopic (exact) mass is 525 g/mol. The van der Waals surface area contributed by atoms with Gasteiger partial charge in [-0.15, -0.1) is 0 Å². The fourth-order valence-electron chi connectivity index (χ4n) is 4.39. The Kier molecular flexibility index (Phi) is 6.65. The van der Waals surface area contributed by atoms with Gasteiger partial charge in [-0.05, 0) is 54.9 Å². The molecule has 5 rings (SSSR count). The van der Waals surface area contributed by atoms with Crippen LogP contribution >= 0.6 is 0 Å². The maximum atomic E-state index is 13.8. The van der Waals surface area contributed by atoms with E-state index >= 15 is 0 Å². The van der Waals surface area contributed by atoms with Crippen LogP contribution in [0.5, 0.6) is 5.75 Å². The first-order chi connectivity index (χ1) is 18.0. The molecule has 0 saturated heterocycles. The molecule has 2 aliphatic rings. The van der Waals surface area contributed by atoms with Gasteiger partial charge in [-0.3, -0.25) is 9.36 Å². The van der Waals surface area contributed by atoms with E-state index in [0.717, 1.165) is 28.3 Å². The number of nitrogens with one attached hydrogen (secondary N) is 1. The molecule has 0 fully saturated rings. The fraction of sp³-hybridized carbons (Fsp3) is 0.290. The van der Waals surface area contributed by atoms with Crippen LogP contribution in [0, 0.1) is 6.92 Å². The van der Waals surface area contributed by atoms with Crippen LogP contribution in [0.1, 0.15) is 49.0 Å². The van der Waals surface area contributed by atoms with Crippen molar-refractivity contribution in [3.05, 3.63) is 112 Å². The molecule has 3 heterocycles. The van der Waals surface area contributed by atoms with E-state index in [2.05, 4.69) is 70.0 Å². The van der Waals surface area contributed by atoms with Gasteiger partial charge in [0.25, 0.3) is 5.56 Å². The first-order valence-corrected chi connectivity index (χ1v) is 15.9. The van der Waals surface area contributed by atoms with E-state index in [9.17, 15) is 4.79 Å². The number of H-pyrrole nitrogens is 1. The molecule has 0 amide bonds. The molecule has 0 saturated carbocycles. The van der Waals surface area contributed by atoms with Gasteiger partial charge >= 0.3 is 0 Å². The third kappa shape index (κ3) is 5.11. The van der Waals surface area contributed by atoms with Gasteiger partial charge in [-0.1, -0.05) is 62.7 Å². The molecule has 38 heavy (non-hydrogen) atoms. The lowest BCUT2D eigenvalue weighted by atomic mass is 10.1. The molecule has 0 bridgehead atoms. The van der Waals surface area contributed by atoms with Crippen LogP contribution < -0.4 is 9.99 Å². The Labute approximate surface area is 224 Å². The van der Waals surface area contributed by atoms with Crippen LogP contribution in [-0.4, -0.2) is 22.9 Å². The van der Waals surface area contributed by atoms with Crippen molar-refractivity contribution in [2.45, 2.75) is 58.7 Å². The van der Waals surface area contributed by atoms with Crippen molar-refractivity contribution in [3.63, 3.8) is 0 Å². The molecule has 2 aliphatic heterocycles. The highest BCUT2D eigenvalue weighted by Gasteiger charge is 2.39. The van der Waals surface area contributed by atoms with Gasteiger partial charge in [-0.25, -0.2) is 4.98 Å². The molecule has 0 aliphatic carbocycles. The van der Waals surface area contributed by atoms with Crippen LogP contribution in [0.3, 0.4) is 0 Å². The second-order valence-electron chi connectivity index (χ2n) is 11.5. The Morgan fingerprint density at radius 1 is 1.03 bits per heavy atom. The maximum absolute atomic E-state index is 13.8. The van der Waals surface area contributed by atoms with Gasteiger partial charge in [0.15, 0.2) is 5.82 Å². The number of hydrogen-bond donors (Lipinski definition) is 1. The van der Waals surface area contributed by atoms with Crippen molar-refractivity contribution in [1.82, 2.24) is 14.5 Å². The molecule has 0 atom stereocenters. The lowest BCUT2D eigenvalue weighted by molar-refractivity contribution is 0.492. The lowest BCUT2D eigenvalue weighted by Gasteiger charge is -2.36. The summed E-state index contributed by atoms with van der Waals surface area (Å²) in [5, 5.41) is 0.0782. The average molecular weight is 526 g/mol. The van der Waals surface area contributed by atoms with Crippen molar-refractivity contribution in [3.8, 4) is 22.8 Å². The molecule has 3 aromatic rings. The van der Waals surface area contributed by atoms with E-state index in [0.29, 0.717) is 30.1 Å². The minimum absolute atomic E-state index is 0.0782. The minimum atomic E-state index is -2.02. The number of fused-ring (bicyclic) bond motifs is 1. The molecule has 0 radical (unpaired) electrons. The number of imidazole rings is 1. The summed E-state index contributed by atoms with van der Waals surface area (Å²) >= 11 is 0. The number of nitrogens with zero attached hydrogens (tertiary/aromatic N) is 2. The molecule has 7 heteroatoms. The number of aromatic amines is 1. The van der Waals surface area contributed by atoms with Gasteiger partial charge in [0, 0.05) is 18.2 Å². The molecule has 1 N–H and O–H groups in total. The van der Waals surface area contributed by atoms with Crippen molar-refractivity contribution < 1.29 is 8.84 Å². The second kappa shape index (κ2) is 9.80. The molecule has 6 nitrogen and oxygen atoms in total. The molecular formula is C31H35N3O3Si. The summed E-state index contributed by atoms with van der Waals surface area (Å²) in [5.41, 5.74) is 5.20. The maximum Gasteiger partial charge on any atom is 0.279 e. The van der Waals surface area contributed by atoms with E-state index < -0.39 is 8.32 Å². The summed E-state index contributed by atoms with van der Waals surface area (Å²) in [4.78, 5) is 22.1. The van der Waals surface area contributed by atoms with E-state index in [4.69, 9.17) is 13.8 Å². The van der Waals surface area contributed by atoms with Gasteiger partial charge in [-0.2, -0.15) is 0 Å². The SMILES string of the molecule is Cc1cccc(Cc2[nH]cc(-c3cccc(O[Si](C)(C)C(C)(C)C)c3)n3c(=O)c(Cc4ccco4)nc2-3)c1. The number of aromatic nitrogens is 3. The third-order valence-electron chi connectivity index (χ3n) is 7.49. The summed E-state index contributed by atoms with van der Waals surface area (Å²) in [7, 11) is -2.02. The second-order valence-corrected chi connectivity index (χ2v) is 16.2. The zero-order chi connectivity index (χ0) is 27.1. The zero-order valence-electron chi connectivity index (χ0n) is 23.0. The third-order valence-corrected chi connectivity index (χ3v) is 11.8. The van der Waals surface area contributed by atoms with Gasteiger partial charge in [0.05, 0.1) is 24.1 Å². The first-order valence-electron chi connectivity index (χ1n) is 13.0. The van der Waals surface area contributed by atoms with Gasteiger partial charge < -0.3 is 13.8 Å². The first kappa shape index (κ1) is 25.8. The Bertz CT molecular complexity index is 1590. The predicted molar refractivity (Wildman–Crippen MR) is 154 cm³/mol. The summed E-state index contributed by atoms with van der Waals surface area (Å²) < 4.78 is 13.8. The standard InChI is InChI=1S/C31H35N3O3Si/c1-21-10-7-11-22(16-21)17-26-29-33-27(19-24-14-9-15-36-24)30(35)34(29)28(20-32-26)23-12-8-13-25(18-23)37-38(5,6)31(2,3)4/h7-16,18,20,32H,17,19H2,1-6H3. The summed E-state index contributed by atoms with van der Waals surface area (Å²) in [5.74, 6) is 2.15. The van der Waals surface area contributed by atoms with Crippen molar-refractivity contribution in [2.24, 2.45) is 0 Å². The predicted octanol–water partition coefficient (Wildman–Crippen LogP) is 7.13. The van der Waals surface area contributed by atoms with Crippen molar-refractivity contribution >= 4 is 8.32 Å². The Morgan fingerprint density at radius 2 is 1.82 bits per heavy atom.